The van der Waals surface area contributed by atoms with Crippen LogP contribution in [0.4, 0.5) is 4.79 Å². The third kappa shape index (κ3) is 9.96. The van der Waals surface area contributed by atoms with Crippen molar-refractivity contribution in [3.05, 3.63) is 30.3 Å². The number of alkyl carbamates (subject to hydrolysis) is 1. The monoisotopic (exact) mass is 483 g/mol. The molecule has 0 bridgehead atoms. The first-order valence-corrected chi connectivity index (χ1v) is 14.7. The molecular weight excluding hydrogens is 442 g/mol. The minimum atomic E-state index is -2.39. The number of carbonyl (C=O) groups is 2. The fourth-order valence-corrected chi connectivity index (χ4v) is 4.70. The summed E-state index contributed by atoms with van der Waals surface area (Å²) in [5.74, 6) is -0.508. The molecule has 1 aromatic rings. The predicted octanol–water partition coefficient (Wildman–Crippen LogP) is 6.36. The highest BCUT2D eigenvalue weighted by Crippen LogP contribution is 2.39. The molecule has 0 aliphatic rings. The normalized spacial score (nSPS) is 15.0. The van der Waals surface area contributed by atoms with E-state index >= 15 is 0 Å². The Hall–Kier alpha value is -1.51. The smallest absolute Gasteiger partial charge is 0.408 e. The summed E-state index contributed by atoms with van der Waals surface area (Å²) in [6.07, 6.45) is -1.62. The number of rotatable bonds is 7. The van der Waals surface area contributed by atoms with Crippen LogP contribution < -0.4 is 5.32 Å². The van der Waals surface area contributed by atoms with E-state index in [4.69, 9.17) is 13.9 Å². The van der Waals surface area contributed by atoms with Crippen molar-refractivity contribution in [3.63, 3.8) is 0 Å². The minimum Gasteiger partial charge on any atom is -0.458 e. The molecule has 0 saturated heterocycles. The van der Waals surface area contributed by atoms with Crippen LogP contribution in [0.3, 0.4) is 0 Å². The second kappa shape index (κ2) is 10.6. The Kier molecular flexibility index (Phi) is 9.46. The van der Waals surface area contributed by atoms with Gasteiger partial charge in [-0.15, -0.1) is 0 Å². The van der Waals surface area contributed by atoms with Crippen LogP contribution >= 0.6 is 11.8 Å². The van der Waals surface area contributed by atoms with Crippen LogP contribution in [0, 0.1) is 0 Å². The molecule has 0 aliphatic heterocycles. The van der Waals surface area contributed by atoms with Gasteiger partial charge in [0.15, 0.2) is 14.4 Å². The fourth-order valence-electron chi connectivity index (χ4n) is 2.32. The predicted molar refractivity (Wildman–Crippen MR) is 133 cm³/mol. The van der Waals surface area contributed by atoms with E-state index in [0.717, 1.165) is 4.90 Å². The van der Waals surface area contributed by atoms with Gasteiger partial charge in [-0.1, -0.05) is 50.7 Å². The van der Waals surface area contributed by atoms with Gasteiger partial charge in [0, 0.05) is 4.90 Å². The first-order chi connectivity index (χ1) is 14.3. The number of hydrogen-bond donors (Lipinski definition) is 1. The average Bonchev–Trinajstić information content (AvgIpc) is 2.55. The fraction of sp³-hybridized carbons (Fsp3) is 0.667. The Bertz CT molecular complexity index is 763. The highest BCUT2D eigenvalue weighted by Gasteiger charge is 2.45. The van der Waals surface area contributed by atoms with Crippen molar-refractivity contribution < 1.29 is 23.5 Å². The number of amides is 1. The molecule has 8 heteroatoms. The van der Waals surface area contributed by atoms with Gasteiger partial charge >= 0.3 is 12.1 Å². The minimum absolute atomic E-state index is 0.138. The lowest BCUT2D eigenvalue weighted by atomic mass is 10.2. The average molecular weight is 484 g/mol. The van der Waals surface area contributed by atoms with E-state index in [1.165, 1.54) is 11.8 Å². The van der Waals surface area contributed by atoms with E-state index in [-0.39, 0.29) is 5.04 Å². The summed E-state index contributed by atoms with van der Waals surface area (Å²) in [4.78, 5) is 26.9. The Balaban J connectivity index is 3.38. The second-order valence-corrected chi connectivity index (χ2v) is 17.3. The van der Waals surface area contributed by atoms with E-state index < -0.39 is 43.1 Å². The second-order valence-electron chi connectivity index (χ2n) is 11.3. The van der Waals surface area contributed by atoms with E-state index in [0.29, 0.717) is 0 Å². The Labute approximate surface area is 199 Å². The van der Waals surface area contributed by atoms with Gasteiger partial charge in [-0.25, -0.2) is 9.59 Å². The maximum Gasteiger partial charge on any atom is 0.408 e. The lowest BCUT2D eigenvalue weighted by Crippen LogP contribution is -2.55. The van der Waals surface area contributed by atoms with Gasteiger partial charge in [0.05, 0.1) is 0 Å². The van der Waals surface area contributed by atoms with Crippen LogP contribution in [0.25, 0.3) is 0 Å². The maximum atomic E-state index is 13.3. The van der Waals surface area contributed by atoms with Gasteiger partial charge in [0.1, 0.15) is 16.6 Å². The summed E-state index contributed by atoms with van der Waals surface area (Å²) in [6.45, 7) is 21.3. The van der Waals surface area contributed by atoms with Crippen molar-refractivity contribution in [3.8, 4) is 0 Å². The molecule has 32 heavy (non-hydrogen) atoms. The third-order valence-corrected chi connectivity index (χ3v) is 10.4. The summed E-state index contributed by atoms with van der Waals surface area (Å²) >= 11 is 1.34. The summed E-state index contributed by atoms with van der Waals surface area (Å²) in [6, 6.07) is 9.58. The van der Waals surface area contributed by atoms with E-state index in [1.807, 2.05) is 51.1 Å². The Morgan fingerprint density at radius 2 is 1.38 bits per heavy atom. The molecular formula is C24H41NO5SSi. The first-order valence-electron chi connectivity index (χ1n) is 10.9. The van der Waals surface area contributed by atoms with Crippen molar-refractivity contribution in [1.82, 2.24) is 5.32 Å². The standard InChI is InChI=1S/C24H41NO5SSi/c1-22(2,3)28-20(26)18(30-32(10,11)24(7,8)9)19(25-21(27)29-23(4,5)6)31-17-15-13-12-14-16-17/h12-16,18-19H,1-11H3,(H,25,27). The Morgan fingerprint density at radius 3 is 1.81 bits per heavy atom. The molecule has 0 heterocycles. The van der Waals surface area contributed by atoms with Crippen LogP contribution in [0.5, 0.6) is 0 Å². The van der Waals surface area contributed by atoms with Crippen LogP contribution in [-0.4, -0.2) is 43.1 Å². The third-order valence-electron chi connectivity index (χ3n) is 4.81. The first kappa shape index (κ1) is 28.5. The zero-order chi connectivity index (χ0) is 25.0. The number of thioether (sulfide) groups is 1. The van der Waals surface area contributed by atoms with Gasteiger partial charge < -0.3 is 19.2 Å². The summed E-state index contributed by atoms with van der Waals surface area (Å²) in [5, 5.41) is 1.98. The van der Waals surface area contributed by atoms with E-state index in [1.54, 1.807) is 20.8 Å². The molecule has 182 valence electrons. The zero-order valence-corrected chi connectivity index (χ0v) is 23.3. The summed E-state index contributed by atoms with van der Waals surface area (Å²) in [7, 11) is -2.39. The summed E-state index contributed by atoms with van der Waals surface area (Å²) in [5.41, 5.74) is -1.37. The van der Waals surface area contributed by atoms with Gasteiger partial charge in [0.25, 0.3) is 0 Å². The van der Waals surface area contributed by atoms with Gasteiger partial charge in [-0.2, -0.15) is 0 Å². The molecule has 1 N–H and O–H groups in total. The van der Waals surface area contributed by atoms with Crippen LogP contribution in [0.2, 0.25) is 18.1 Å². The molecule has 1 amide bonds. The van der Waals surface area contributed by atoms with Crippen LogP contribution in [0.1, 0.15) is 62.3 Å². The van der Waals surface area contributed by atoms with Crippen LogP contribution in [0.15, 0.2) is 35.2 Å². The molecule has 0 saturated carbocycles. The highest BCUT2D eigenvalue weighted by atomic mass is 32.2. The zero-order valence-electron chi connectivity index (χ0n) is 21.5. The quantitative estimate of drug-likeness (QED) is 0.210. The van der Waals surface area contributed by atoms with Crippen molar-refractivity contribution in [2.45, 2.75) is 108 Å². The van der Waals surface area contributed by atoms with E-state index in [2.05, 4.69) is 39.2 Å². The van der Waals surface area contributed by atoms with Crippen molar-refractivity contribution in [1.29, 1.82) is 0 Å². The van der Waals surface area contributed by atoms with Crippen LogP contribution in [-0.2, 0) is 18.7 Å². The number of hydrogen-bond acceptors (Lipinski definition) is 6. The molecule has 1 rings (SSSR count). The molecule has 0 aromatic heterocycles. The molecule has 6 nitrogen and oxygen atoms in total. The number of nitrogens with one attached hydrogen (secondary N) is 1. The lowest BCUT2D eigenvalue weighted by molar-refractivity contribution is -0.164. The maximum absolute atomic E-state index is 13.3. The molecule has 0 fully saturated rings. The number of ether oxygens (including phenoxy) is 2. The van der Waals surface area contributed by atoms with Gasteiger partial charge in [-0.3, -0.25) is 0 Å². The van der Waals surface area contributed by atoms with E-state index in [9.17, 15) is 9.59 Å². The molecule has 1 aromatic carbocycles. The molecule has 0 radical (unpaired) electrons. The lowest BCUT2D eigenvalue weighted by Gasteiger charge is -2.41. The number of esters is 1. The van der Waals surface area contributed by atoms with Crippen molar-refractivity contribution in [2.75, 3.05) is 0 Å². The highest BCUT2D eigenvalue weighted by molar-refractivity contribution is 8.00. The summed E-state index contributed by atoms with van der Waals surface area (Å²) < 4.78 is 17.7. The largest absolute Gasteiger partial charge is 0.458 e. The van der Waals surface area contributed by atoms with Crippen molar-refractivity contribution in [2.24, 2.45) is 0 Å². The molecule has 2 atom stereocenters. The topological polar surface area (TPSA) is 73.9 Å². The van der Waals surface area contributed by atoms with Gasteiger partial charge in [-0.05, 0) is 71.8 Å². The SMILES string of the molecule is CC(C)(C)OC(=O)NC(Sc1ccccc1)C(O[Si](C)(C)C(C)(C)C)C(=O)OC(C)(C)C. The van der Waals surface area contributed by atoms with Crippen molar-refractivity contribution >= 4 is 32.1 Å². The Morgan fingerprint density at radius 1 is 0.875 bits per heavy atom. The van der Waals surface area contributed by atoms with Gasteiger partial charge in [0.2, 0.25) is 0 Å². The molecule has 0 spiro atoms. The molecule has 2 unspecified atom stereocenters. The number of benzene rings is 1. The molecule has 0 aliphatic carbocycles. The number of carbonyl (C=O) groups excluding carboxylic acids is 2.